The third kappa shape index (κ3) is 39.0. The van der Waals surface area contributed by atoms with Crippen molar-refractivity contribution in [3.63, 3.8) is 0 Å². The highest BCUT2D eigenvalue weighted by Gasteiger charge is 2.12. The zero-order valence-corrected chi connectivity index (χ0v) is 36.3. The second-order valence-corrected chi connectivity index (χ2v) is 17.0. The van der Waals surface area contributed by atoms with Crippen LogP contribution < -0.4 is 0 Å². The fraction of sp³-hybridized carbons (Fsp3) is 0.939. The Morgan fingerprint density at radius 3 is 1.15 bits per heavy atom. The van der Waals surface area contributed by atoms with Gasteiger partial charge in [-0.25, -0.2) is 0 Å². The molecule has 0 radical (unpaired) electrons. The number of nitrogens with zero attached hydrogens (tertiary/aromatic N) is 1. The molecular formula is C49H97NO2. The summed E-state index contributed by atoms with van der Waals surface area (Å²) < 4.78 is 0. The third-order valence-electron chi connectivity index (χ3n) is 11.7. The van der Waals surface area contributed by atoms with Crippen LogP contribution in [-0.2, 0) is 4.79 Å². The molecule has 1 N–H and O–H groups in total. The molecule has 0 saturated heterocycles. The topological polar surface area (TPSA) is 40.5 Å². The molecule has 0 rings (SSSR count). The van der Waals surface area contributed by atoms with Gasteiger partial charge in [0.2, 0.25) is 0 Å². The Labute approximate surface area is 328 Å². The molecule has 0 aliphatic heterocycles. The summed E-state index contributed by atoms with van der Waals surface area (Å²) >= 11 is 0. The van der Waals surface area contributed by atoms with Crippen molar-refractivity contribution in [3.8, 4) is 0 Å². The first kappa shape index (κ1) is 51.3. The Bertz CT molecular complexity index is 700. The van der Waals surface area contributed by atoms with Gasteiger partial charge in [0, 0.05) is 19.4 Å². The van der Waals surface area contributed by atoms with Crippen molar-refractivity contribution in [2.45, 2.75) is 265 Å². The lowest BCUT2D eigenvalue weighted by atomic mass is 9.87. The normalized spacial score (nSPS) is 11.7. The number of carbonyl (C=O) groups is 1. The van der Waals surface area contributed by atoms with Gasteiger partial charge in [0.15, 0.2) is 0 Å². The number of rotatable bonds is 45. The van der Waals surface area contributed by atoms with Crippen LogP contribution in [0, 0.1) is 5.92 Å². The number of aliphatic hydroxyl groups is 1. The molecule has 3 heteroatoms. The molecule has 0 aliphatic rings. The predicted octanol–water partition coefficient (Wildman–Crippen LogP) is 15.9. The van der Waals surface area contributed by atoms with Gasteiger partial charge in [-0.1, -0.05) is 219 Å². The first-order valence-electron chi connectivity index (χ1n) is 24.1. The van der Waals surface area contributed by atoms with Crippen LogP contribution in [0.3, 0.4) is 0 Å². The molecule has 0 heterocycles. The van der Waals surface area contributed by atoms with Crippen LogP contribution in [0.25, 0.3) is 0 Å². The maximum Gasteiger partial charge on any atom is 0.132 e. The minimum absolute atomic E-state index is 0.243. The fourth-order valence-electron chi connectivity index (χ4n) is 8.13. The van der Waals surface area contributed by atoms with E-state index in [1.165, 1.54) is 211 Å². The van der Waals surface area contributed by atoms with E-state index in [9.17, 15) is 9.90 Å². The Morgan fingerprint density at radius 2 is 0.769 bits per heavy atom. The molecular weight excluding hydrogens is 635 g/mol. The lowest BCUT2D eigenvalue weighted by Gasteiger charge is -2.21. The van der Waals surface area contributed by atoms with Gasteiger partial charge in [-0.15, -0.1) is 0 Å². The number of ketones is 1. The van der Waals surface area contributed by atoms with E-state index in [1.807, 2.05) is 0 Å². The number of Topliss-reactive ketones (excluding diaryl/α,β-unsaturated/α-hetero) is 1. The first-order chi connectivity index (χ1) is 25.6. The molecule has 0 aromatic heterocycles. The van der Waals surface area contributed by atoms with Crippen LogP contribution in [0.1, 0.15) is 265 Å². The summed E-state index contributed by atoms with van der Waals surface area (Å²) in [5.74, 6) is 1.32. The van der Waals surface area contributed by atoms with E-state index in [4.69, 9.17) is 0 Å². The largest absolute Gasteiger partial charge is 0.395 e. The highest BCUT2D eigenvalue weighted by atomic mass is 16.3. The van der Waals surface area contributed by atoms with Gasteiger partial charge < -0.3 is 10.0 Å². The number of unbranched alkanes of at least 4 members (excludes halogenated alkanes) is 27. The van der Waals surface area contributed by atoms with Crippen molar-refractivity contribution < 1.29 is 9.90 Å². The van der Waals surface area contributed by atoms with E-state index in [-0.39, 0.29) is 6.61 Å². The Morgan fingerprint density at radius 1 is 0.442 bits per heavy atom. The summed E-state index contributed by atoms with van der Waals surface area (Å²) in [4.78, 5) is 14.8. The Kier molecular flexibility index (Phi) is 42.5. The van der Waals surface area contributed by atoms with Crippen molar-refractivity contribution in [1.82, 2.24) is 4.90 Å². The van der Waals surface area contributed by atoms with Crippen molar-refractivity contribution in [2.75, 3.05) is 26.2 Å². The molecule has 0 aromatic rings. The lowest BCUT2D eigenvalue weighted by molar-refractivity contribution is -0.119. The molecule has 0 fully saturated rings. The molecule has 0 bridgehead atoms. The van der Waals surface area contributed by atoms with Crippen molar-refractivity contribution in [1.29, 1.82) is 0 Å². The zero-order chi connectivity index (χ0) is 38.0. The molecule has 0 aromatic carbocycles. The average Bonchev–Trinajstić information content (AvgIpc) is 3.14. The van der Waals surface area contributed by atoms with Gasteiger partial charge in [0.25, 0.3) is 0 Å². The molecule has 0 spiro atoms. The summed E-state index contributed by atoms with van der Waals surface area (Å²) in [6, 6.07) is 0. The van der Waals surface area contributed by atoms with Gasteiger partial charge >= 0.3 is 0 Å². The van der Waals surface area contributed by atoms with Gasteiger partial charge in [0.1, 0.15) is 5.78 Å². The number of carbonyl (C=O) groups excluding carboxylic acids is 1. The van der Waals surface area contributed by atoms with Crippen molar-refractivity contribution in [3.05, 3.63) is 12.2 Å². The third-order valence-corrected chi connectivity index (χ3v) is 11.7. The molecule has 0 unspecified atom stereocenters. The summed E-state index contributed by atoms with van der Waals surface area (Å²) in [5, 5.41) is 9.64. The fourth-order valence-corrected chi connectivity index (χ4v) is 8.13. The smallest absolute Gasteiger partial charge is 0.132 e. The van der Waals surface area contributed by atoms with Crippen LogP contribution in [0.2, 0.25) is 0 Å². The van der Waals surface area contributed by atoms with Gasteiger partial charge in [0.05, 0.1) is 6.61 Å². The van der Waals surface area contributed by atoms with Gasteiger partial charge in [-0.3, -0.25) is 4.79 Å². The second-order valence-electron chi connectivity index (χ2n) is 17.0. The SMILES string of the molecule is C=C(CCCCCN(CCO)CCCCCC(=O)CCCCCCCCCCCC)CC(CCCCCCCCCC)CCCCCCCCCC. The van der Waals surface area contributed by atoms with E-state index in [0.717, 1.165) is 64.1 Å². The number of aliphatic hydroxyl groups excluding tert-OH is 1. The molecule has 0 amide bonds. The summed E-state index contributed by atoms with van der Waals surface area (Å²) in [5.41, 5.74) is 1.50. The van der Waals surface area contributed by atoms with E-state index >= 15 is 0 Å². The Balaban J connectivity index is 4.12. The minimum atomic E-state index is 0.243. The number of hydrogen-bond donors (Lipinski definition) is 1. The van der Waals surface area contributed by atoms with Crippen LogP contribution in [0.15, 0.2) is 12.2 Å². The molecule has 0 saturated carbocycles. The summed E-state index contributed by atoms with van der Waals surface area (Å²) in [7, 11) is 0. The maximum atomic E-state index is 12.4. The Hall–Kier alpha value is -0.670. The molecule has 52 heavy (non-hydrogen) atoms. The number of hydrogen-bond acceptors (Lipinski definition) is 3. The predicted molar refractivity (Wildman–Crippen MR) is 234 cm³/mol. The second kappa shape index (κ2) is 43.1. The maximum absolute atomic E-state index is 12.4. The van der Waals surface area contributed by atoms with E-state index < -0.39 is 0 Å². The standard InChI is InChI=1S/C49H97NO2/c1-5-8-11-14-17-20-21-24-27-33-40-49(52)41-34-29-36-43-50(44-45-51)42-35-28-30-37-47(4)46-48(38-31-25-22-18-15-12-9-6-2)39-32-26-23-19-16-13-10-7-3/h48,51H,4-46H2,1-3H3. The minimum Gasteiger partial charge on any atom is -0.395 e. The van der Waals surface area contributed by atoms with Crippen LogP contribution >= 0.6 is 0 Å². The molecule has 3 nitrogen and oxygen atoms in total. The average molecular weight is 732 g/mol. The highest BCUT2D eigenvalue weighted by Crippen LogP contribution is 2.27. The van der Waals surface area contributed by atoms with Gasteiger partial charge in [-0.2, -0.15) is 0 Å². The molecule has 310 valence electrons. The number of allylic oxidation sites excluding steroid dienone is 1. The van der Waals surface area contributed by atoms with E-state index in [2.05, 4.69) is 32.3 Å². The van der Waals surface area contributed by atoms with Crippen LogP contribution in [0.5, 0.6) is 0 Å². The highest BCUT2D eigenvalue weighted by molar-refractivity contribution is 5.78. The first-order valence-corrected chi connectivity index (χ1v) is 24.1. The van der Waals surface area contributed by atoms with Gasteiger partial charge in [-0.05, 0) is 64.0 Å². The van der Waals surface area contributed by atoms with Crippen molar-refractivity contribution in [2.24, 2.45) is 5.92 Å². The van der Waals surface area contributed by atoms with Crippen molar-refractivity contribution >= 4 is 5.78 Å². The summed E-state index contributed by atoms with van der Waals surface area (Å²) in [6.07, 6.45) is 49.8. The molecule has 0 atom stereocenters. The lowest BCUT2D eigenvalue weighted by Crippen LogP contribution is -2.29. The van der Waals surface area contributed by atoms with Crippen LogP contribution in [-0.4, -0.2) is 42.0 Å². The van der Waals surface area contributed by atoms with E-state index in [0.29, 0.717) is 5.78 Å². The quantitative estimate of drug-likeness (QED) is 0.0501. The summed E-state index contributed by atoms with van der Waals surface area (Å²) in [6.45, 7) is 14.6. The monoisotopic (exact) mass is 732 g/mol. The van der Waals surface area contributed by atoms with Crippen LogP contribution in [0.4, 0.5) is 0 Å². The zero-order valence-electron chi connectivity index (χ0n) is 36.3. The molecule has 0 aliphatic carbocycles. The van der Waals surface area contributed by atoms with E-state index in [1.54, 1.807) is 0 Å².